The first kappa shape index (κ1) is 18.2. The van der Waals surface area contributed by atoms with Gasteiger partial charge in [-0.05, 0) is 36.1 Å². The van der Waals surface area contributed by atoms with E-state index in [0.29, 0.717) is 17.5 Å². The van der Waals surface area contributed by atoms with Gasteiger partial charge in [0.15, 0.2) is 0 Å². The number of para-hydroxylation sites is 1. The molecule has 5 nitrogen and oxygen atoms in total. The molecule has 0 aliphatic carbocycles. The van der Waals surface area contributed by atoms with Crippen LogP contribution in [0.1, 0.15) is 29.5 Å². The second-order valence-corrected chi connectivity index (χ2v) is 6.89. The van der Waals surface area contributed by atoms with Gasteiger partial charge < -0.3 is 9.73 Å². The predicted molar refractivity (Wildman–Crippen MR) is 103 cm³/mol. The minimum absolute atomic E-state index is 0.0980. The quantitative estimate of drug-likeness (QED) is 0.632. The van der Waals surface area contributed by atoms with Gasteiger partial charge in [-0.2, -0.15) is 0 Å². The molecule has 0 radical (unpaired) electrons. The molecule has 0 aliphatic rings. The summed E-state index contributed by atoms with van der Waals surface area (Å²) in [6, 6.07) is 16.0. The molecule has 0 saturated carbocycles. The van der Waals surface area contributed by atoms with E-state index in [9.17, 15) is 4.79 Å². The molecule has 0 saturated heterocycles. The number of aryl methyl sites for hydroxylation is 2. The van der Waals surface area contributed by atoms with Crippen molar-refractivity contribution in [1.82, 2.24) is 10.2 Å². The lowest BCUT2D eigenvalue weighted by molar-refractivity contribution is -0.113. The fraction of sp³-hybridized carbons (Fsp3) is 0.250. The normalized spacial score (nSPS) is 10.7. The molecule has 134 valence electrons. The molecule has 3 aromatic rings. The van der Waals surface area contributed by atoms with Crippen LogP contribution in [0, 0.1) is 6.92 Å². The van der Waals surface area contributed by atoms with Gasteiger partial charge in [0.1, 0.15) is 0 Å². The van der Waals surface area contributed by atoms with Crippen molar-refractivity contribution in [3.05, 3.63) is 71.1 Å². The number of rotatable bonds is 7. The highest BCUT2D eigenvalue weighted by Crippen LogP contribution is 2.19. The Balaban J connectivity index is 1.51. The fourth-order valence-electron chi connectivity index (χ4n) is 2.46. The molecule has 0 atom stereocenters. The summed E-state index contributed by atoms with van der Waals surface area (Å²) in [6.45, 7) is 4.09. The Kier molecular flexibility index (Phi) is 6.07. The van der Waals surface area contributed by atoms with Crippen LogP contribution >= 0.6 is 11.8 Å². The van der Waals surface area contributed by atoms with E-state index in [-0.39, 0.29) is 11.7 Å². The highest BCUT2D eigenvalue weighted by atomic mass is 32.2. The lowest BCUT2D eigenvalue weighted by Gasteiger charge is -2.06. The number of hydrogen-bond donors (Lipinski definition) is 1. The van der Waals surface area contributed by atoms with E-state index in [0.717, 1.165) is 23.2 Å². The molecule has 6 heteroatoms. The molecule has 0 spiro atoms. The number of carbonyl (C=O) groups is 1. The highest BCUT2D eigenvalue weighted by molar-refractivity contribution is 7.99. The smallest absolute Gasteiger partial charge is 0.277 e. The van der Waals surface area contributed by atoms with E-state index in [4.69, 9.17) is 4.42 Å². The van der Waals surface area contributed by atoms with Gasteiger partial charge in [0.05, 0.1) is 12.2 Å². The maximum Gasteiger partial charge on any atom is 0.277 e. The average Bonchev–Trinajstić information content (AvgIpc) is 3.10. The lowest BCUT2D eigenvalue weighted by atomic mass is 10.1. The standard InChI is InChI=1S/C20H21N3O2S/c1-3-15-8-10-16(11-9-15)12-19-22-23-20(25-19)26-13-18(24)21-17-7-5-4-6-14(17)2/h4-11H,3,12-13H2,1-2H3,(H,21,24). The summed E-state index contributed by atoms with van der Waals surface area (Å²) in [7, 11) is 0. The second-order valence-electron chi connectivity index (χ2n) is 5.96. The van der Waals surface area contributed by atoms with E-state index in [1.807, 2.05) is 31.2 Å². The van der Waals surface area contributed by atoms with Crippen molar-refractivity contribution >= 4 is 23.4 Å². The zero-order chi connectivity index (χ0) is 18.4. The molecule has 1 aromatic heterocycles. The Labute approximate surface area is 157 Å². The molecule has 0 unspecified atom stereocenters. The van der Waals surface area contributed by atoms with Crippen molar-refractivity contribution < 1.29 is 9.21 Å². The van der Waals surface area contributed by atoms with E-state index >= 15 is 0 Å². The zero-order valence-corrected chi connectivity index (χ0v) is 15.7. The number of carbonyl (C=O) groups excluding carboxylic acids is 1. The largest absolute Gasteiger partial charge is 0.416 e. The Bertz CT molecular complexity index is 875. The summed E-state index contributed by atoms with van der Waals surface area (Å²) in [4.78, 5) is 12.1. The van der Waals surface area contributed by atoms with Gasteiger partial charge in [-0.25, -0.2) is 0 Å². The van der Waals surface area contributed by atoms with Gasteiger partial charge in [-0.15, -0.1) is 10.2 Å². The van der Waals surface area contributed by atoms with Crippen molar-refractivity contribution in [3.63, 3.8) is 0 Å². The first-order valence-corrected chi connectivity index (χ1v) is 9.51. The van der Waals surface area contributed by atoms with Crippen LogP contribution in [0.15, 0.2) is 58.2 Å². The van der Waals surface area contributed by atoms with Crippen LogP contribution in [0.25, 0.3) is 0 Å². The molecule has 0 bridgehead atoms. The van der Waals surface area contributed by atoms with E-state index in [1.165, 1.54) is 17.3 Å². The fourth-order valence-corrected chi connectivity index (χ4v) is 3.04. The van der Waals surface area contributed by atoms with E-state index in [2.05, 4.69) is 46.7 Å². The third-order valence-electron chi connectivity index (χ3n) is 3.98. The van der Waals surface area contributed by atoms with Crippen LogP contribution < -0.4 is 5.32 Å². The molecular weight excluding hydrogens is 346 g/mol. The Morgan fingerprint density at radius 1 is 1.08 bits per heavy atom. The number of hydrogen-bond acceptors (Lipinski definition) is 5. The number of benzene rings is 2. The minimum Gasteiger partial charge on any atom is -0.416 e. The SMILES string of the molecule is CCc1ccc(Cc2nnc(SCC(=O)Nc3ccccc3C)o2)cc1. The highest BCUT2D eigenvalue weighted by Gasteiger charge is 2.11. The first-order chi connectivity index (χ1) is 12.6. The Hall–Kier alpha value is -2.60. The van der Waals surface area contributed by atoms with Crippen molar-refractivity contribution in [3.8, 4) is 0 Å². The van der Waals surface area contributed by atoms with Gasteiger partial charge in [-0.3, -0.25) is 4.79 Å². The molecule has 0 aliphatic heterocycles. The molecule has 2 aromatic carbocycles. The zero-order valence-electron chi connectivity index (χ0n) is 14.9. The van der Waals surface area contributed by atoms with E-state index in [1.54, 1.807) is 0 Å². The van der Waals surface area contributed by atoms with Crippen LogP contribution in [0.5, 0.6) is 0 Å². The van der Waals surface area contributed by atoms with Crippen LogP contribution in [-0.2, 0) is 17.6 Å². The monoisotopic (exact) mass is 367 g/mol. The third-order valence-corrected chi connectivity index (χ3v) is 4.80. The second kappa shape index (κ2) is 8.67. The van der Waals surface area contributed by atoms with Crippen molar-refractivity contribution in [1.29, 1.82) is 0 Å². The van der Waals surface area contributed by atoms with Crippen LogP contribution in [0.3, 0.4) is 0 Å². The van der Waals surface area contributed by atoms with Crippen molar-refractivity contribution in [2.24, 2.45) is 0 Å². The maximum atomic E-state index is 12.1. The molecule has 1 N–H and O–H groups in total. The summed E-state index contributed by atoms with van der Waals surface area (Å²) in [6.07, 6.45) is 1.61. The van der Waals surface area contributed by atoms with Crippen LogP contribution in [-0.4, -0.2) is 21.9 Å². The predicted octanol–water partition coefficient (Wildman–Crippen LogP) is 4.26. The minimum atomic E-state index is -0.0980. The molecule has 1 heterocycles. The number of amides is 1. The number of aromatic nitrogens is 2. The van der Waals surface area contributed by atoms with Gasteiger partial charge in [0.2, 0.25) is 11.8 Å². The van der Waals surface area contributed by atoms with Gasteiger partial charge in [0, 0.05) is 5.69 Å². The molecule has 0 fully saturated rings. The van der Waals surface area contributed by atoms with Crippen molar-refractivity contribution in [2.75, 3.05) is 11.1 Å². The van der Waals surface area contributed by atoms with Gasteiger partial charge >= 0.3 is 0 Å². The Morgan fingerprint density at radius 3 is 2.54 bits per heavy atom. The summed E-state index contributed by atoms with van der Waals surface area (Å²) in [5.74, 6) is 0.677. The van der Waals surface area contributed by atoms with Gasteiger partial charge in [-0.1, -0.05) is 61.2 Å². The molecule has 3 rings (SSSR count). The summed E-state index contributed by atoms with van der Waals surface area (Å²) in [5.41, 5.74) is 4.27. The Morgan fingerprint density at radius 2 is 1.81 bits per heavy atom. The lowest BCUT2D eigenvalue weighted by Crippen LogP contribution is -2.14. The number of nitrogens with one attached hydrogen (secondary N) is 1. The summed E-state index contributed by atoms with van der Waals surface area (Å²) in [5, 5.41) is 11.4. The number of anilines is 1. The third kappa shape index (κ3) is 4.95. The summed E-state index contributed by atoms with van der Waals surface area (Å²) >= 11 is 1.24. The van der Waals surface area contributed by atoms with E-state index < -0.39 is 0 Å². The molecule has 1 amide bonds. The van der Waals surface area contributed by atoms with Crippen LogP contribution in [0.2, 0.25) is 0 Å². The van der Waals surface area contributed by atoms with Crippen LogP contribution in [0.4, 0.5) is 5.69 Å². The van der Waals surface area contributed by atoms with Crippen molar-refractivity contribution in [2.45, 2.75) is 31.9 Å². The maximum absolute atomic E-state index is 12.1. The topological polar surface area (TPSA) is 68.0 Å². The molecule has 26 heavy (non-hydrogen) atoms. The molecular formula is C20H21N3O2S. The first-order valence-electron chi connectivity index (χ1n) is 8.52. The van der Waals surface area contributed by atoms with Gasteiger partial charge in [0.25, 0.3) is 5.22 Å². The number of nitrogens with zero attached hydrogens (tertiary/aromatic N) is 2. The number of thioether (sulfide) groups is 1. The average molecular weight is 367 g/mol. The summed E-state index contributed by atoms with van der Waals surface area (Å²) < 4.78 is 5.63.